The van der Waals surface area contributed by atoms with Gasteiger partial charge >= 0.3 is 35.5 Å². The van der Waals surface area contributed by atoms with Crippen molar-refractivity contribution in [2.45, 2.75) is 6.04 Å². The minimum Gasteiger partial charge on any atom is -1.00 e. The molecule has 1 saturated heterocycles. The fourth-order valence-electron chi connectivity index (χ4n) is 5.04. The molecule has 0 spiro atoms. The molecule has 212 valence electrons. The normalized spacial score (nSPS) is 13.4. The number of anilines is 1. The number of carbonyl (C=O) groups is 3. The average molecular weight is 578 g/mol. The molecule has 3 N–H and O–H groups in total. The Hall–Kier alpha value is -3.80. The van der Waals surface area contributed by atoms with Crippen LogP contribution in [0.4, 0.5) is 5.69 Å². The minimum atomic E-state index is -1.18. The smallest absolute Gasteiger partial charge is 1.00 e. The largest absolute Gasteiger partial charge is 1.00 e. The Labute approximate surface area is 267 Å². The zero-order valence-corrected chi connectivity index (χ0v) is 25.4. The van der Waals surface area contributed by atoms with Crippen LogP contribution in [-0.4, -0.2) is 82.3 Å². The van der Waals surface area contributed by atoms with Crippen LogP contribution in [0.5, 0.6) is 0 Å². The molecule has 0 bridgehead atoms. The molecule has 4 aromatic rings. The van der Waals surface area contributed by atoms with Gasteiger partial charge in [0.05, 0.1) is 23.5 Å². The van der Waals surface area contributed by atoms with E-state index in [9.17, 15) is 19.5 Å². The first-order chi connectivity index (χ1) is 20.0. The quantitative estimate of drug-likeness (QED) is 0.238. The van der Waals surface area contributed by atoms with Gasteiger partial charge in [0.2, 0.25) is 11.8 Å². The zero-order valence-electron chi connectivity index (χ0n) is 24.4. The summed E-state index contributed by atoms with van der Waals surface area (Å²) in [5.74, 6) is -1.92. The van der Waals surface area contributed by atoms with Crippen LogP contribution in [0.3, 0.4) is 0 Å². The van der Waals surface area contributed by atoms with Crippen molar-refractivity contribution in [3.8, 4) is 11.1 Å². The van der Waals surface area contributed by atoms with Crippen molar-refractivity contribution in [3.05, 3.63) is 108 Å². The number of benzene rings is 3. The van der Waals surface area contributed by atoms with Crippen LogP contribution >= 0.6 is 0 Å². The van der Waals surface area contributed by atoms with Crippen LogP contribution in [-0.2, 0) is 14.3 Å². The van der Waals surface area contributed by atoms with Crippen LogP contribution in [0.25, 0.3) is 11.1 Å². The third-order valence-electron chi connectivity index (χ3n) is 7.08. The second-order valence-corrected chi connectivity index (χ2v) is 9.73. The summed E-state index contributed by atoms with van der Waals surface area (Å²) in [5, 5.41) is 18.7. The summed E-state index contributed by atoms with van der Waals surface area (Å²) in [7, 11) is 0. The van der Waals surface area contributed by atoms with E-state index in [2.05, 4.69) is 44.7 Å². The fraction of sp³-hybridized carbons (Fsp3) is 0.226. The number of hydrogen-bond donors (Lipinski definition) is 3. The molecule has 0 aliphatic carbocycles. The molecular weight excluding hydrogens is 545 g/mol. The molecule has 0 atom stereocenters. The summed E-state index contributed by atoms with van der Waals surface area (Å²) in [6.07, 6.45) is 3.23. The first-order valence-corrected chi connectivity index (χ1v) is 13.4. The van der Waals surface area contributed by atoms with Crippen molar-refractivity contribution < 1.29 is 55.2 Å². The van der Waals surface area contributed by atoms with Gasteiger partial charge in [-0.3, -0.25) is 19.6 Å². The number of amides is 2. The molecule has 1 fully saturated rings. The molecule has 11 heteroatoms. The van der Waals surface area contributed by atoms with Crippen molar-refractivity contribution in [1.29, 1.82) is 0 Å². The standard InChI is InChI=1S/C31H31N5O5.Na.H/c37-28(34-27-12-11-24(17-26(27)31(39)40)25-18-32-33-19-25)20-41-21-29(38)35-13-15-36(16-14-35)30(22-7-3-1-4-8-22)23-9-5-2-6-10-23;;/h1-12,17-19,30H,13-16,20-21H2,(H,32,33)(H,34,37)(H,39,40);;/q;+1;-1. The summed E-state index contributed by atoms with van der Waals surface area (Å²) in [6.45, 7) is 1.89. The van der Waals surface area contributed by atoms with Crippen LogP contribution in [0.2, 0.25) is 0 Å². The summed E-state index contributed by atoms with van der Waals surface area (Å²) in [5.41, 5.74) is 3.87. The Morgan fingerprint density at radius 2 is 1.55 bits per heavy atom. The second kappa shape index (κ2) is 14.9. The van der Waals surface area contributed by atoms with Crippen molar-refractivity contribution in [1.82, 2.24) is 20.0 Å². The average Bonchev–Trinajstić information content (AvgIpc) is 3.54. The molecular formula is C31H32N5NaO5. The van der Waals surface area contributed by atoms with Gasteiger partial charge in [-0.15, -0.1) is 0 Å². The van der Waals surface area contributed by atoms with Crippen molar-refractivity contribution in [2.75, 3.05) is 44.7 Å². The molecule has 1 aliphatic heterocycles. The Morgan fingerprint density at radius 3 is 2.12 bits per heavy atom. The number of carboxylic acids is 1. The number of aromatic carboxylic acids is 1. The monoisotopic (exact) mass is 577 g/mol. The maximum atomic E-state index is 12.8. The Bertz CT molecular complexity index is 1440. The molecule has 5 rings (SSSR count). The van der Waals surface area contributed by atoms with Gasteiger partial charge in [-0.05, 0) is 28.8 Å². The first kappa shape index (κ1) is 31.1. The van der Waals surface area contributed by atoms with Gasteiger partial charge in [-0.2, -0.15) is 5.10 Å². The number of piperazine rings is 1. The van der Waals surface area contributed by atoms with Crippen LogP contribution in [0.1, 0.15) is 29.0 Å². The van der Waals surface area contributed by atoms with Crippen LogP contribution in [0, 0.1) is 0 Å². The van der Waals surface area contributed by atoms with E-state index in [0.29, 0.717) is 31.7 Å². The Balaban J connectivity index is 0.00000253. The van der Waals surface area contributed by atoms with Gasteiger partial charge in [0, 0.05) is 37.9 Å². The van der Waals surface area contributed by atoms with Gasteiger partial charge in [0.15, 0.2) is 0 Å². The van der Waals surface area contributed by atoms with Crippen LogP contribution < -0.4 is 34.9 Å². The molecule has 0 unspecified atom stereocenters. The van der Waals surface area contributed by atoms with E-state index in [-0.39, 0.29) is 67.4 Å². The third-order valence-corrected chi connectivity index (χ3v) is 7.08. The molecule has 42 heavy (non-hydrogen) atoms. The summed E-state index contributed by atoms with van der Waals surface area (Å²) >= 11 is 0. The van der Waals surface area contributed by atoms with E-state index >= 15 is 0 Å². The number of carboxylic acid groups (broad SMARTS) is 1. The number of nitrogens with one attached hydrogen (secondary N) is 2. The molecule has 3 aromatic carbocycles. The van der Waals surface area contributed by atoms with Gasteiger partial charge in [0.1, 0.15) is 13.2 Å². The second-order valence-electron chi connectivity index (χ2n) is 9.73. The molecule has 1 aromatic heterocycles. The fourth-order valence-corrected chi connectivity index (χ4v) is 5.04. The number of ether oxygens (including phenoxy) is 1. The van der Waals surface area contributed by atoms with E-state index in [1.54, 1.807) is 23.4 Å². The van der Waals surface area contributed by atoms with Crippen molar-refractivity contribution in [3.63, 3.8) is 0 Å². The number of rotatable bonds is 10. The van der Waals surface area contributed by atoms with Gasteiger partial charge < -0.3 is 21.5 Å². The maximum absolute atomic E-state index is 12.8. The molecule has 2 amide bonds. The molecule has 0 radical (unpaired) electrons. The Kier molecular flexibility index (Phi) is 11.0. The van der Waals surface area contributed by atoms with E-state index in [0.717, 1.165) is 5.56 Å². The van der Waals surface area contributed by atoms with Crippen LogP contribution in [0.15, 0.2) is 91.3 Å². The van der Waals surface area contributed by atoms with Gasteiger partial charge in [-0.1, -0.05) is 66.7 Å². The number of aromatic amines is 1. The number of hydrogen-bond acceptors (Lipinski definition) is 6. The molecule has 1 aliphatic rings. The molecule has 0 saturated carbocycles. The summed E-state index contributed by atoms with van der Waals surface area (Å²) < 4.78 is 5.40. The van der Waals surface area contributed by atoms with Gasteiger partial charge in [0.25, 0.3) is 0 Å². The number of aromatic nitrogens is 2. The summed E-state index contributed by atoms with van der Waals surface area (Å²) in [6, 6.07) is 25.4. The third kappa shape index (κ3) is 7.72. The van der Waals surface area contributed by atoms with E-state index in [4.69, 9.17) is 4.74 Å². The SMILES string of the molecule is O=C(COCC(=O)N1CCN(C(c2ccccc2)c2ccccc2)CC1)Nc1ccc(-c2cn[nH]c2)cc1C(=O)O.[H-].[Na+]. The van der Waals surface area contributed by atoms with Crippen molar-refractivity contribution >= 4 is 23.5 Å². The van der Waals surface area contributed by atoms with E-state index in [1.165, 1.54) is 23.3 Å². The topological polar surface area (TPSA) is 128 Å². The minimum absolute atomic E-state index is 0. The predicted octanol–water partition coefficient (Wildman–Crippen LogP) is 0.780. The van der Waals surface area contributed by atoms with E-state index in [1.807, 2.05) is 36.4 Å². The molecule has 2 heterocycles. The molecule has 10 nitrogen and oxygen atoms in total. The summed E-state index contributed by atoms with van der Waals surface area (Å²) in [4.78, 5) is 41.2. The van der Waals surface area contributed by atoms with Gasteiger partial charge in [-0.25, -0.2) is 4.79 Å². The first-order valence-electron chi connectivity index (χ1n) is 13.4. The Morgan fingerprint density at radius 1 is 0.905 bits per heavy atom. The van der Waals surface area contributed by atoms with Crippen molar-refractivity contribution in [2.24, 2.45) is 0 Å². The number of nitrogens with zero attached hydrogens (tertiary/aromatic N) is 3. The number of carbonyl (C=O) groups excluding carboxylic acids is 2. The van der Waals surface area contributed by atoms with E-state index < -0.39 is 11.9 Å². The predicted molar refractivity (Wildman–Crippen MR) is 154 cm³/mol. The maximum Gasteiger partial charge on any atom is 1.00 e. The zero-order chi connectivity index (χ0) is 28.6. The number of H-pyrrole nitrogens is 1.